The van der Waals surface area contributed by atoms with Crippen molar-refractivity contribution in [1.29, 1.82) is 0 Å². The molecule has 1 aromatic heterocycles. The molecular weight excluding hydrogens is 186 g/mol. The standard InChI is InChI=1S/C9H14ClN3/c1-13-8(5-7-3-2-4-7)11-12-9(13)6-10/h7H,2-6H2,1H3. The second kappa shape index (κ2) is 3.66. The number of hydrogen-bond donors (Lipinski definition) is 0. The predicted octanol–water partition coefficient (Wildman–Crippen LogP) is 1.90. The molecule has 1 aliphatic carbocycles. The topological polar surface area (TPSA) is 30.7 Å². The summed E-state index contributed by atoms with van der Waals surface area (Å²) >= 11 is 5.71. The van der Waals surface area contributed by atoms with Crippen LogP contribution in [0.25, 0.3) is 0 Å². The van der Waals surface area contributed by atoms with Gasteiger partial charge in [-0.1, -0.05) is 19.3 Å². The highest BCUT2D eigenvalue weighted by Crippen LogP contribution is 2.29. The Morgan fingerprint density at radius 1 is 1.38 bits per heavy atom. The lowest BCUT2D eigenvalue weighted by Gasteiger charge is -2.24. The van der Waals surface area contributed by atoms with Gasteiger partial charge in [-0.25, -0.2) is 0 Å². The largest absolute Gasteiger partial charge is 0.317 e. The summed E-state index contributed by atoms with van der Waals surface area (Å²) in [6.45, 7) is 0. The minimum Gasteiger partial charge on any atom is -0.317 e. The summed E-state index contributed by atoms with van der Waals surface area (Å²) in [5, 5.41) is 8.16. The number of nitrogens with zero attached hydrogens (tertiary/aromatic N) is 3. The zero-order valence-electron chi connectivity index (χ0n) is 7.83. The van der Waals surface area contributed by atoms with Gasteiger partial charge in [0.25, 0.3) is 0 Å². The smallest absolute Gasteiger partial charge is 0.147 e. The van der Waals surface area contributed by atoms with E-state index in [4.69, 9.17) is 11.6 Å². The molecule has 0 spiro atoms. The van der Waals surface area contributed by atoms with Gasteiger partial charge in [-0.05, 0) is 5.92 Å². The minimum atomic E-state index is 0.453. The summed E-state index contributed by atoms with van der Waals surface area (Å²) in [5.41, 5.74) is 0. The van der Waals surface area contributed by atoms with Crippen molar-refractivity contribution < 1.29 is 0 Å². The Balaban J connectivity index is 2.06. The molecule has 1 heterocycles. The van der Waals surface area contributed by atoms with Crippen LogP contribution in [-0.2, 0) is 19.3 Å². The van der Waals surface area contributed by atoms with E-state index in [0.29, 0.717) is 5.88 Å². The number of aromatic nitrogens is 3. The number of rotatable bonds is 3. The van der Waals surface area contributed by atoms with Gasteiger partial charge in [0, 0.05) is 13.5 Å². The fraction of sp³-hybridized carbons (Fsp3) is 0.778. The lowest BCUT2D eigenvalue weighted by atomic mass is 9.83. The molecule has 0 amide bonds. The molecule has 0 aromatic carbocycles. The van der Waals surface area contributed by atoms with Crippen LogP contribution in [0.15, 0.2) is 0 Å². The molecule has 0 unspecified atom stereocenters. The van der Waals surface area contributed by atoms with Gasteiger partial charge in [-0.2, -0.15) is 0 Å². The van der Waals surface area contributed by atoms with Gasteiger partial charge in [0.05, 0.1) is 5.88 Å². The van der Waals surface area contributed by atoms with Crippen molar-refractivity contribution in [2.45, 2.75) is 31.6 Å². The summed E-state index contributed by atoms with van der Waals surface area (Å²) < 4.78 is 2.02. The Morgan fingerprint density at radius 2 is 2.08 bits per heavy atom. The third-order valence-electron chi connectivity index (χ3n) is 2.87. The van der Waals surface area contributed by atoms with Crippen LogP contribution >= 0.6 is 11.6 Å². The van der Waals surface area contributed by atoms with E-state index in [1.54, 1.807) is 0 Å². The molecule has 1 aliphatic rings. The van der Waals surface area contributed by atoms with E-state index in [-0.39, 0.29) is 0 Å². The van der Waals surface area contributed by atoms with E-state index < -0.39 is 0 Å². The van der Waals surface area contributed by atoms with Crippen LogP contribution in [0.3, 0.4) is 0 Å². The van der Waals surface area contributed by atoms with Crippen molar-refractivity contribution in [2.24, 2.45) is 13.0 Å². The zero-order chi connectivity index (χ0) is 9.26. The van der Waals surface area contributed by atoms with Crippen LogP contribution in [0.4, 0.5) is 0 Å². The van der Waals surface area contributed by atoms with Gasteiger partial charge in [-0.15, -0.1) is 21.8 Å². The Hall–Kier alpha value is -0.570. The SMILES string of the molecule is Cn1c(CCl)nnc1CC1CCC1. The molecule has 0 atom stereocenters. The molecule has 2 rings (SSSR count). The first kappa shape index (κ1) is 9.00. The fourth-order valence-electron chi connectivity index (χ4n) is 1.65. The molecule has 1 saturated carbocycles. The van der Waals surface area contributed by atoms with Crippen LogP contribution in [0.5, 0.6) is 0 Å². The first-order valence-corrected chi connectivity index (χ1v) is 5.28. The summed E-state index contributed by atoms with van der Waals surface area (Å²) in [4.78, 5) is 0. The highest BCUT2D eigenvalue weighted by molar-refractivity contribution is 6.16. The summed E-state index contributed by atoms with van der Waals surface area (Å²) in [5.74, 6) is 3.25. The first-order chi connectivity index (χ1) is 6.31. The van der Waals surface area contributed by atoms with Crippen molar-refractivity contribution in [3.05, 3.63) is 11.6 Å². The van der Waals surface area contributed by atoms with E-state index in [2.05, 4.69) is 10.2 Å². The van der Waals surface area contributed by atoms with E-state index in [0.717, 1.165) is 24.0 Å². The van der Waals surface area contributed by atoms with E-state index >= 15 is 0 Å². The average Bonchev–Trinajstić information content (AvgIpc) is 2.40. The van der Waals surface area contributed by atoms with Crippen molar-refractivity contribution in [1.82, 2.24) is 14.8 Å². The molecule has 0 bridgehead atoms. The van der Waals surface area contributed by atoms with Gasteiger partial charge < -0.3 is 4.57 Å². The third kappa shape index (κ3) is 1.70. The number of alkyl halides is 1. The molecular formula is C9H14ClN3. The van der Waals surface area contributed by atoms with Crippen LogP contribution in [0, 0.1) is 5.92 Å². The number of hydrogen-bond acceptors (Lipinski definition) is 2. The van der Waals surface area contributed by atoms with Crippen LogP contribution in [-0.4, -0.2) is 14.8 Å². The number of halogens is 1. The van der Waals surface area contributed by atoms with Crippen molar-refractivity contribution in [3.8, 4) is 0 Å². The summed E-state index contributed by atoms with van der Waals surface area (Å²) in [7, 11) is 1.99. The molecule has 0 radical (unpaired) electrons. The zero-order valence-corrected chi connectivity index (χ0v) is 8.59. The predicted molar refractivity (Wildman–Crippen MR) is 51.6 cm³/mol. The first-order valence-electron chi connectivity index (χ1n) is 4.74. The summed E-state index contributed by atoms with van der Waals surface area (Å²) in [6, 6.07) is 0. The van der Waals surface area contributed by atoms with Crippen molar-refractivity contribution in [3.63, 3.8) is 0 Å². The second-order valence-corrected chi connectivity index (χ2v) is 3.99. The van der Waals surface area contributed by atoms with Crippen molar-refractivity contribution >= 4 is 11.6 Å². The van der Waals surface area contributed by atoms with Crippen LogP contribution in [0.1, 0.15) is 30.9 Å². The Morgan fingerprint density at radius 3 is 2.54 bits per heavy atom. The quantitative estimate of drug-likeness (QED) is 0.697. The Labute approximate surface area is 83.1 Å². The van der Waals surface area contributed by atoms with Crippen LogP contribution in [0.2, 0.25) is 0 Å². The molecule has 3 nitrogen and oxygen atoms in total. The van der Waals surface area contributed by atoms with E-state index in [1.165, 1.54) is 19.3 Å². The Kier molecular flexibility index (Phi) is 2.54. The third-order valence-corrected chi connectivity index (χ3v) is 3.11. The summed E-state index contributed by atoms with van der Waals surface area (Å²) in [6.07, 6.45) is 5.15. The van der Waals surface area contributed by atoms with E-state index in [9.17, 15) is 0 Å². The van der Waals surface area contributed by atoms with Gasteiger partial charge in [0.2, 0.25) is 0 Å². The molecule has 4 heteroatoms. The molecule has 72 valence electrons. The highest BCUT2D eigenvalue weighted by atomic mass is 35.5. The Bertz CT molecular complexity index is 291. The fourth-order valence-corrected chi connectivity index (χ4v) is 1.88. The minimum absolute atomic E-state index is 0.453. The molecule has 0 saturated heterocycles. The second-order valence-electron chi connectivity index (χ2n) is 3.73. The average molecular weight is 200 g/mol. The van der Waals surface area contributed by atoms with Gasteiger partial charge in [0.15, 0.2) is 0 Å². The van der Waals surface area contributed by atoms with Crippen molar-refractivity contribution in [2.75, 3.05) is 0 Å². The highest BCUT2D eigenvalue weighted by Gasteiger charge is 2.20. The van der Waals surface area contributed by atoms with E-state index in [1.807, 2.05) is 11.6 Å². The molecule has 1 fully saturated rings. The molecule has 0 N–H and O–H groups in total. The molecule has 0 aliphatic heterocycles. The monoisotopic (exact) mass is 199 g/mol. The maximum atomic E-state index is 5.71. The van der Waals surface area contributed by atoms with Gasteiger partial charge in [0.1, 0.15) is 11.6 Å². The van der Waals surface area contributed by atoms with Crippen LogP contribution < -0.4 is 0 Å². The van der Waals surface area contributed by atoms with Gasteiger partial charge >= 0.3 is 0 Å². The lowest BCUT2D eigenvalue weighted by Crippen LogP contribution is -2.16. The lowest BCUT2D eigenvalue weighted by molar-refractivity contribution is 0.306. The molecule has 1 aromatic rings. The maximum Gasteiger partial charge on any atom is 0.147 e. The maximum absolute atomic E-state index is 5.71. The van der Waals surface area contributed by atoms with Gasteiger partial charge in [-0.3, -0.25) is 0 Å². The molecule has 13 heavy (non-hydrogen) atoms. The normalized spacial score (nSPS) is 17.4.